The second kappa shape index (κ2) is 11.1. The first-order valence-electron chi connectivity index (χ1n) is 9.40. The van der Waals surface area contributed by atoms with Gasteiger partial charge >= 0.3 is 5.97 Å². The fourth-order valence-corrected chi connectivity index (χ4v) is 3.31. The molecule has 0 heterocycles. The SMILES string of the molecule is O=C(COC(=O)c1ccccc1NC(=O)c1ccccc1)Nc1ccccc1SC(F)F. The summed E-state index contributed by atoms with van der Waals surface area (Å²) in [5, 5.41) is 5.10. The Balaban J connectivity index is 1.62. The highest BCUT2D eigenvalue weighted by Gasteiger charge is 2.17. The van der Waals surface area contributed by atoms with Crippen LogP contribution in [0.5, 0.6) is 0 Å². The van der Waals surface area contributed by atoms with Gasteiger partial charge in [0.2, 0.25) is 0 Å². The fourth-order valence-electron chi connectivity index (χ4n) is 2.72. The molecule has 3 aromatic carbocycles. The molecule has 0 spiro atoms. The molecule has 164 valence electrons. The number of amides is 2. The van der Waals surface area contributed by atoms with E-state index in [-0.39, 0.29) is 21.8 Å². The number of esters is 1. The van der Waals surface area contributed by atoms with Gasteiger partial charge in [0.15, 0.2) is 6.61 Å². The quantitative estimate of drug-likeness (QED) is 0.366. The lowest BCUT2D eigenvalue weighted by Gasteiger charge is -2.12. The van der Waals surface area contributed by atoms with Crippen LogP contribution in [0.15, 0.2) is 83.8 Å². The molecule has 3 rings (SSSR count). The highest BCUT2D eigenvalue weighted by atomic mass is 32.2. The summed E-state index contributed by atoms with van der Waals surface area (Å²) in [6.07, 6.45) is 0. The molecule has 0 bridgehead atoms. The van der Waals surface area contributed by atoms with E-state index in [0.717, 1.165) is 0 Å². The van der Waals surface area contributed by atoms with E-state index in [4.69, 9.17) is 4.74 Å². The van der Waals surface area contributed by atoms with E-state index in [1.165, 1.54) is 24.3 Å². The van der Waals surface area contributed by atoms with E-state index in [1.54, 1.807) is 54.6 Å². The highest BCUT2D eigenvalue weighted by molar-refractivity contribution is 7.99. The molecular formula is C23H18F2N2O4S. The maximum Gasteiger partial charge on any atom is 0.340 e. The van der Waals surface area contributed by atoms with E-state index < -0.39 is 30.1 Å². The number of hydrogen-bond donors (Lipinski definition) is 2. The lowest BCUT2D eigenvalue weighted by atomic mass is 10.1. The van der Waals surface area contributed by atoms with Crippen molar-refractivity contribution in [2.75, 3.05) is 17.2 Å². The molecule has 0 radical (unpaired) electrons. The van der Waals surface area contributed by atoms with Crippen molar-refractivity contribution in [2.45, 2.75) is 10.7 Å². The maximum absolute atomic E-state index is 12.7. The van der Waals surface area contributed by atoms with E-state index in [0.29, 0.717) is 17.3 Å². The molecule has 32 heavy (non-hydrogen) atoms. The average Bonchev–Trinajstić information content (AvgIpc) is 2.79. The van der Waals surface area contributed by atoms with Crippen LogP contribution >= 0.6 is 11.8 Å². The van der Waals surface area contributed by atoms with Crippen molar-refractivity contribution in [3.8, 4) is 0 Å². The Morgan fingerprint density at radius 2 is 1.44 bits per heavy atom. The molecule has 0 aliphatic carbocycles. The zero-order chi connectivity index (χ0) is 22.9. The van der Waals surface area contributed by atoms with Crippen LogP contribution in [0, 0.1) is 0 Å². The molecule has 0 aliphatic rings. The van der Waals surface area contributed by atoms with Crippen LogP contribution in [0.3, 0.4) is 0 Å². The first-order valence-corrected chi connectivity index (χ1v) is 10.3. The van der Waals surface area contributed by atoms with Gasteiger partial charge < -0.3 is 15.4 Å². The first-order chi connectivity index (χ1) is 15.4. The van der Waals surface area contributed by atoms with Gasteiger partial charge in [-0.25, -0.2) is 4.79 Å². The monoisotopic (exact) mass is 456 g/mol. The number of rotatable bonds is 8. The highest BCUT2D eigenvalue weighted by Crippen LogP contribution is 2.31. The third-order valence-corrected chi connectivity index (χ3v) is 4.93. The summed E-state index contributed by atoms with van der Waals surface area (Å²) in [4.78, 5) is 37.2. The summed E-state index contributed by atoms with van der Waals surface area (Å²) < 4.78 is 30.4. The van der Waals surface area contributed by atoms with Gasteiger partial charge in [0.05, 0.1) is 16.9 Å². The number of carbonyl (C=O) groups excluding carboxylic acids is 3. The summed E-state index contributed by atoms with van der Waals surface area (Å²) in [5.74, 6) is -4.56. The smallest absolute Gasteiger partial charge is 0.340 e. The third kappa shape index (κ3) is 6.39. The summed E-state index contributed by atoms with van der Waals surface area (Å²) in [6, 6.07) is 20.8. The normalized spacial score (nSPS) is 10.5. The molecule has 0 aliphatic heterocycles. The van der Waals surface area contributed by atoms with Gasteiger partial charge in [0.1, 0.15) is 0 Å². The largest absolute Gasteiger partial charge is 0.452 e. The number of carbonyl (C=O) groups is 3. The Hall–Kier alpha value is -3.72. The van der Waals surface area contributed by atoms with Gasteiger partial charge in [-0.15, -0.1) is 0 Å². The Bertz CT molecular complexity index is 1110. The average molecular weight is 456 g/mol. The third-order valence-electron chi connectivity index (χ3n) is 4.14. The standard InChI is InChI=1S/C23H18F2N2O4S/c24-23(25)32-19-13-7-6-12-18(19)26-20(28)14-31-22(30)16-10-4-5-11-17(16)27-21(29)15-8-2-1-3-9-15/h1-13,23H,14H2,(H,26,28)(H,27,29). The number of ether oxygens (including phenoxy) is 1. The van der Waals surface area contributed by atoms with Crippen LogP contribution in [0.2, 0.25) is 0 Å². The van der Waals surface area contributed by atoms with Gasteiger partial charge in [-0.3, -0.25) is 9.59 Å². The van der Waals surface area contributed by atoms with Crippen molar-refractivity contribution >= 4 is 40.9 Å². The lowest BCUT2D eigenvalue weighted by Crippen LogP contribution is -2.22. The topological polar surface area (TPSA) is 84.5 Å². The zero-order valence-electron chi connectivity index (χ0n) is 16.6. The van der Waals surface area contributed by atoms with Crippen molar-refractivity contribution in [1.82, 2.24) is 0 Å². The van der Waals surface area contributed by atoms with Crippen molar-refractivity contribution in [1.29, 1.82) is 0 Å². The van der Waals surface area contributed by atoms with Crippen LogP contribution in [0.4, 0.5) is 20.2 Å². The molecule has 6 nitrogen and oxygen atoms in total. The minimum atomic E-state index is -2.64. The number of thioether (sulfide) groups is 1. The van der Waals surface area contributed by atoms with Crippen LogP contribution in [-0.2, 0) is 9.53 Å². The Kier molecular flexibility index (Phi) is 7.93. The number of halogens is 2. The Morgan fingerprint density at radius 1 is 0.812 bits per heavy atom. The van der Waals surface area contributed by atoms with E-state index in [9.17, 15) is 23.2 Å². The van der Waals surface area contributed by atoms with Gasteiger partial charge in [-0.2, -0.15) is 8.78 Å². The molecule has 2 N–H and O–H groups in total. The molecule has 0 unspecified atom stereocenters. The van der Waals surface area contributed by atoms with Crippen LogP contribution < -0.4 is 10.6 Å². The summed E-state index contributed by atoms with van der Waals surface area (Å²) in [7, 11) is 0. The molecular weight excluding hydrogens is 438 g/mol. The van der Waals surface area contributed by atoms with Crippen molar-refractivity contribution in [3.05, 3.63) is 90.0 Å². The van der Waals surface area contributed by atoms with Crippen LogP contribution in [0.1, 0.15) is 20.7 Å². The molecule has 0 saturated heterocycles. The Labute approximate surface area is 187 Å². The minimum absolute atomic E-state index is 0.0678. The summed E-state index contributed by atoms with van der Waals surface area (Å²) in [5.41, 5.74) is 0.897. The van der Waals surface area contributed by atoms with Gasteiger partial charge in [-0.05, 0) is 36.4 Å². The maximum atomic E-state index is 12.7. The molecule has 2 amide bonds. The number of para-hydroxylation sites is 2. The Morgan fingerprint density at radius 3 is 2.16 bits per heavy atom. The molecule has 0 saturated carbocycles. The molecule has 0 fully saturated rings. The predicted molar refractivity (Wildman–Crippen MR) is 118 cm³/mol. The van der Waals surface area contributed by atoms with Crippen molar-refractivity contribution in [2.24, 2.45) is 0 Å². The van der Waals surface area contributed by atoms with Gasteiger partial charge in [-0.1, -0.05) is 54.2 Å². The minimum Gasteiger partial charge on any atom is -0.452 e. The number of alkyl halides is 2. The molecule has 0 aromatic heterocycles. The molecule has 9 heteroatoms. The van der Waals surface area contributed by atoms with E-state index in [1.807, 2.05) is 0 Å². The first kappa shape index (κ1) is 23.0. The van der Waals surface area contributed by atoms with Crippen molar-refractivity contribution < 1.29 is 27.9 Å². The number of nitrogens with one attached hydrogen (secondary N) is 2. The van der Waals surface area contributed by atoms with E-state index >= 15 is 0 Å². The second-order valence-corrected chi connectivity index (χ2v) is 7.40. The predicted octanol–water partition coefficient (Wildman–Crippen LogP) is 5.05. The van der Waals surface area contributed by atoms with Gasteiger partial charge in [0, 0.05) is 10.5 Å². The zero-order valence-corrected chi connectivity index (χ0v) is 17.4. The number of hydrogen-bond acceptors (Lipinski definition) is 5. The lowest BCUT2D eigenvalue weighted by molar-refractivity contribution is -0.119. The van der Waals surface area contributed by atoms with Gasteiger partial charge in [0.25, 0.3) is 17.6 Å². The second-order valence-electron chi connectivity index (χ2n) is 6.36. The van der Waals surface area contributed by atoms with Crippen LogP contribution in [-0.4, -0.2) is 30.1 Å². The number of anilines is 2. The van der Waals surface area contributed by atoms with E-state index in [2.05, 4.69) is 10.6 Å². The summed E-state index contributed by atoms with van der Waals surface area (Å²) >= 11 is 0.298. The van der Waals surface area contributed by atoms with Crippen molar-refractivity contribution in [3.63, 3.8) is 0 Å². The van der Waals surface area contributed by atoms with Crippen LogP contribution in [0.25, 0.3) is 0 Å². The summed E-state index contributed by atoms with van der Waals surface area (Å²) in [6.45, 7) is -0.631. The molecule has 3 aromatic rings. The number of benzene rings is 3. The molecule has 0 atom stereocenters. The fraction of sp³-hybridized carbons (Fsp3) is 0.0870.